The van der Waals surface area contributed by atoms with Crippen LogP contribution in [0.4, 0.5) is 0 Å². The number of ketones is 3. The van der Waals surface area contributed by atoms with Gasteiger partial charge in [0.25, 0.3) is 0 Å². The molecule has 0 saturated heterocycles. The van der Waals surface area contributed by atoms with Crippen molar-refractivity contribution < 1.29 is 29.0 Å². The third kappa shape index (κ3) is 18.6. The van der Waals surface area contributed by atoms with Crippen LogP contribution in [0.25, 0.3) is 11.4 Å². The van der Waals surface area contributed by atoms with Crippen LogP contribution in [0.1, 0.15) is 63.2 Å². The maximum atomic E-state index is 12.3. The van der Waals surface area contributed by atoms with Crippen molar-refractivity contribution in [3.05, 3.63) is 78.0 Å². The molecule has 274 valence electrons. The van der Waals surface area contributed by atoms with Crippen molar-refractivity contribution in [2.75, 3.05) is 27.2 Å². The molecular weight excluding hydrogens is 666 g/mol. The van der Waals surface area contributed by atoms with E-state index < -0.39 is 8.32 Å². The molecule has 49 heavy (non-hydrogen) atoms. The number of nitrogens with one attached hydrogen (secondary N) is 1. The van der Waals surface area contributed by atoms with Crippen LogP contribution >= 0.6 is 12.4 Å². The summed E-state index contributed by atoms with van der Waals surface area (Å²) < 4.78 is 7.80. The quantitative estimate of drug-likeness (QED) is 0.0683. The van der Waals surface area contributed by atoms with Crippen LogP contribution < -0.4 is 11.3 Å². The van der Waals surface area contributed by atoms with Gasteiger partial charge in [-0.1, -0.05) is 32.9 Å². The van der Waals surface area contributed by atoms with Crippen molar-refractivity contribution in [2.45, 2.75) is 79.4 Å². The maximum Gasteiger partial charge on any atom is 0.205 e. The van der Waals surface area contributed by atoms with Gasteiger partial charge in [-0.05, 0) is 57.1 Å². The Kier molecular flexibility index (Phi) is 23.7. The average molecular weight is 722 g/mol. The standard InChI is InChI=1S/C17H28N2O2Si.C12H13N3O2.C3H8N2O.C2H6O.ClH/c1-17(2,3)22(6,7)21-13-14-9-8-11-18-16(14)15(20)10-12-19(4)5;1-9(17)7-15-11(4-6-14-15)12-10(8-16)3-2-5-13-12;1-3(6)2-5-4;1-2-3;/h8-12H,13H2,1-7H3;2-6,16H,7-8H2,1H3;5H,2,4H2,1H3;3H,2H2,1H3;1H/b12-10+;;;;. The molecule has 0 aromatic carbocycles. The maximum absolute atomic E-state index is 12.3. The molecule has 0 aliphatic heterocycles. The Hall–Kier alpha value is -3.63. The van der Waals surface area contributed by atoms with Crippen molar-refractivity contribution in [3.63, 3.8) is 0 Å². The van der Waals surface area contributed by atoms with Crippen LogP contribution in [0, 0.1) is 0 Å². The van der Waals surface area contributed by atoms with Gasteiger partial charge in [-0.25, -0.2) is 0 Å². The molecule has 3 heterocycles. The molecule has 0 spiro atoms. The lowest BCUT2D eigenvalue weighted by Gasteiger charge is -2.36. The molecule has 0 aliphatic carbocycles. The smallest absolute Gasteiger partial charge is 0.205 e. The highest BCUT2D eigenvalue weighted by atomic mass is 35.5. The number of Topliss-reactive ketones (excluding diaryl/α,β-unsaturated/α-hetero) is 2. The van der Waals surface area contributed by atoms with Crippen molar-refractivity contribution in [1.29, 1.82) is 0 Å². The van der Waals surface area contributed by atoms with E-state index in [-0.39, 0.29) is 61.1 Å². The van der Waals surface area contributed by atoms with Crippen molar-refractivity contribution in [1.82, 2.24) is 30.1 Å². The van der Waals surface area contributed by atoms with E-state index in [1.165, 1.54) is 19.9 Å². The number of aliphatic hydroxyl groups is 2. The number of aliphatic hydroxyl groups excluding tert-OH is 2. The van der Waals surface area contributed by atoms with E-state index in [4.69, 9.17) is 15.4 Å². The lowest BCUT2D eigenvalue weighted by molar-refractivity contribution is -0.118. The second-order valence-electron chi connectivity index (χ2n) is 12.3. The van der Waals surface area contributed by atoms with Gasteiger partial charge in [0.15, 0.2) is 14.1 Å². The van der Waals surface area contributed by atoms with Crippen molar-refractivity contribution >= 4 is 38.1 Å². The molecule has 0 saturated carbocycles. The topological polar surface area (TPSA) is 186 Å². The van der Waals surface area contributed by atoms with E-state index in [9.17, 15) is 19.5 Å². The number of rotatable bonds is 12. The number of carbonyl (C=O) groups excluding carboxylic acids is 3. The summed E-state index contributed by atoms with van der Waals surface area (Å²) in [5.41, 5.74) is 5.66. The second-order valence-corrected chi connectivity index (χ2v) is 17.2. The Labute approximate surface area is 298 Å². The molecule has 0 unspecified atom stereocenters. The van der Waals surface area contributed by atoms with Gasteiger partial charge in [-0.2, -0.15) is 5.10 Å². The summed E-state index contributed by atoms with van der Waals surface area (Å²) in [5.74, 6) is 4.74. The molecule has 0 bridgehead atoms. The lowest BCUT2D eigenvalue weighted by Crippen LogP contribution is -2.40. The summed E-state index contributed by atoms with van der Waals surface area (Å²) in [4.78, 5) is 43.6. The van der Waals surface area contributed by atoms with Gasteiger partial charge in [0, 0.05) is 62.7 Å². The second kappa shape index (κ2) is 24.5. The third-order valence-corrected chi connectivity index (χ3v) is 11.3. The first-order valence-electron chi connectivity index (χ1n) is 15.5. The summed E-state index contributed by atoms with van der Waals surface area (Å²) in [7, 11) is 1.91. The van der Waals surface area contributed by atoms with Crippen LogP contribution in [0.2, 0.25) is 18.1 Å². The minimum atomic E-state index is -1.85. The van der Waals surface area contributed by atoms with E-state index in [0.29, 0.717) is 18.0 Å². The largest absolute Gasteiger partial charge is 0.412 e. The van der Waals surface area contributed by atoms with Crippen LogP contribution in [0.3, 0.4) is 0 Å². The SMILES string of the molecule is CC(=O)CNN.CC(=O)Cn1nccc1-c1ncccc1CO.CCO.CN(C)/C=C/C(=O)c1ncccc1CO[Si](C)(C)C(C)(C)C.Cl. The summed E-state index contributed by atoms with van der Waals surface area (Å²) in [6, 6.07) is 9.10. The highest BCUT2D eigenvalue weighted by molar-refractivity contribution is 6.74. The zero-order valence-corrected chi connectivity index (χ0v) is 32.4. The predicted molar refractivity (Wildman–Crippen MR) is 198 cm³/mol. The minimum absolute atomic E-state index is 0. The summed E-state index contributed by atoms with van der Waals surface area (Å²) in [5, 5.41) is 21.0. The number of nitrogens with zero attached hydrogens (tertiary/aromatic N) is 5. The summed E-state index contributed by atoms with van der Waals surface area (Å²) in [6.45, 7) is 16.8. The molecule has 3 aromatic heterocycles. The number of carbonyl (C=O) groups is 3. The molecule has 0 fully saturated rings. The number of nitrogens with two attached hydrogens (primary N) is 1. The Morgan fingerprint density at radius 1 is 1.00 bits per heavy atom. The van der Waals surface area contributed by atoms with Crippen LogP contribution in [0.5, 0.6) is 0 Å². The highest BCUT2D eigenvalue weighted by Gasteiger charge is 2.37. The van der Waals surface area contributed by atoms with E-state index in [1.807, 2.05) is 31.1 Å². The first-order chi connectivity index (χ1) is 22.4. The highest BCUT2D eigenvalue weighted by Crippen LogP contribution is 2.37. The Bertz CT molecular complexity index is 1440. The zero-order chi connectivity index (χ0) is 36.9. The van der Waals surface area contributed by atoms with Gasteiger partial charge in [0.1, 0.15) is 11.5 Å². The van der Waals surface area contributed by atoms with Gasteiger partial charge < -0.3 is 19.5 Å². The Morgan fingerprint density at radius 2 is 1.57 bits per heavy atom. The molecular formula is C34H56ClN7O6Si. The number of hydrazine groups is 1. The molecule has 15 heteroatoms. The summed E-state index contributed by atoms with van der Waals surface area (Å²) in [6.07, 6.45) is 8.19. The van der Waals surface area contributed by atoms with Crippen molar-refractivity contribution in [3.8, 4) is 11.4 Å². The van der Waals surface area contributed by atoms with E-state index >= 15 is 0 Å². The molecule has 0 aliphatic rings. The van der Waals surface area contributed by atoms with Gasteiger partial charge in [0.2, 0.25) is 5.78 Å². The third-order valence-electron chi connectivity index (χ3n) is 6.79. The monoisotopic (exact) mass is 721 g/mol. The molecule has 0 amide bonds. The van der Waals surface area contributed by atoms with Crippen molar-refractivity contribution in [2.24, 2.45) is 5.84 Å². The van der Waals surface area contributed by atoms with E-state index in [1.54, 1.807) is 54.6 Å². The first-order valence-corrected chi connectivity index (χ1v) is 18.4. The predicted octanol–water partition coefficient (Wildman–Crippen LogP) is 4.35. The number of allylic oxidation sites excluding steroid dienone is 1. The number of hydrogen-bond donors (Lipinski definition) is 4. The van der Waals surface area contributed by atoms with Gasteiger partial charge in [0.05, 0.1) is 37.7 Å². The fourth-order valence-electron chi connectivity index (χ4n) is 3.36. The molecule has 5 N–H and O–H groups in total. The van der Waals surface area contributed by atoms with E-state index in [2.05, 4.69) is 54.4 Å². The normalized spacial score (nSPS) is 10.7. The zero-order valence-electron chi connectivity index (χ0n) is 30.6. The van der Waals surface area contributed by atoms with Crippen LogP contribution in [-0.4, -0.2) is 87.8 Å². The fourth-order valence-corrected chi connectivity index (χ4v) is 4.31. The molecule has 3 aromatic rings. The number of aromatic nitrogens is 4. The van der Waals surface area contributed by atoms with Crippen LogP contribution in [0.15, 0.2) is 61.2 Å². The Morgan fingerprint density at radius 3 is 2.04 bits per heavy atom. The molecule has 3 rings (SSSR count). The molecule has 0 atom stereocenters. The summed E-state index contributed by atoms with van der Waals surface area (Å²) >= 11 is 0. The molecule has 13 nitrogen and oxygen atoms in total. The van der Waals surface area contributed by atoms with E-state index in [0.717, 1.165) is 16.8 Å². The molecule has 0 radical (unpaired) electrons. The Balaban J connectivity index is 0. The fraction of sp³-hybridized carbons (Fsp3) is 0.471. The van der Waals surface area contributed by atoms with Gasteiger partial charge in [-0.15, -0.1) is 12.4 Å². The minimum Gasteiger partial charge on any atom is -0.412 e. The van der Waals surface area contributed by atoms with Gasteiger partial charge >= 0.3 is 0 Å². The number of hydrogen-bond acceptors (Lipinski definition) is 12. The lowest BCUT2D eigenvalue weighted by atomic mass is 10.1. The number of halogens is 1. The average Bonchev–Trinajstić information content (AvgIpc) is 3.46. The van der Waals surface area contributed by atoms with Gasteiger partial charge in [-0.3, -0.25) is 40.3 Å². The number of pyridine rings is 2. The first kappa shape index (κ1) is 47.5. The van der Waals surface area contributed by atoms with Crippen LogP contribution in [-0.2, 0) is 33.8 Å².